The second-order valence-corrected chi connectivity index (χ2v) is 7.47. The highest BCUT2D eigenvalue weighted by atomic mass is 16.1. The molecule has 3 heteroatoms. The number of fused-ring (bicyclic) bond motifs is 1. The topological polar surface area (TPSA) is 45.7 Å². The number of hydrogen-bond donors (Lipinski definition) is 2. The maximum absolute atomic E-state index is 12.5. The first-order valence-corrected chi connectivity index (χ1v) is 9.92. The third kappa shape index (κ3) is 4.34. The summed E-state index contributed by atoms with van der Waals surface area (Å²) < 4.78 is 0. The van der Waals surface area contributed by atoms with Crippen molar-refractivity contribution in [2.75, 3.05) is 11.9 Å². The molecule has 2 aromatic carbocycles. The van der Waals surface area contributed by atoms with E-state index in [1.165, 1.54) is 47.9 Å². The molecule has 2 aromatic rings. The summed E-state index contributed by atoms with van der Waals surface area (Å²) in [6.45, 7) is 6.79. The minimum atomic E-state index is 0.0683. The number of benzene rings is 2. The van der Waals surface area contributed by atoms with Gasteiger partial charge in [-0.05, 0) is 74.3 Å². The van der Waals surface area contributed by atoms with Gasteiger partial charge < -0.3 is 10.6 Å². The Morgan fingerprint density at radius 1 is 1.15 bits per heavy atom. The van der Waals surface area contributed by atoms with Crippen LogP contribution in [-0.4, -0.2) is 12.5 Å². The molecule has 3 N–H and O–H groups in total. The maximum Gasteiger partial charge on any atom is 0.279 e. The van der Waals surface area contributed by atoms with Crippen molar-refractivity contribution in [1.29, 1.82) is 0 Å². The SMILES string of the molecule is CCc1cccc(C)c1NC(=O)C[NH2+][C@H](C)c1ccc2c(c1)CCCC2. The number of nitrogens with two attached hydrogens (primary N) is 1. The molecule has 1 atom stereocenters. The van der Waals surface area contributed by atoms with E-state index in [4.69, 9.17) is 0 Å². The van der Waals surface area contributed by atoms with Crippen LogP contribution in [0.2, 0.25) is 0 Å². The Hall–Kier alpha value is -2.13. The number of nitrogens with one attached hydrogen (secondary N) is 1. The lowest BCUT2D eigenvalue weighted by Gasteiger charge is -2.18. The van der Waals surface area contributed by atoms with Gasteiger partial charge in [0, 0.05) is 11.3 Å². The maximum atomic E-state index is 12.5. The molecule has 138 valence electrons. The van der Waals surface area contributed by atoms with Crippen LogP contribution in [0.1, 0.15) is 60.5 Å². The highest BCUT2D eigenvalue weighted by Crippen LogP contribution is 2.24. The smallest absolute Gasteiger partial charge is 0.279 e. The minimum absolute atomic E-state index is 0.0683. The van der Waals surface area contributed by atoms with Gasteiger partial charge in [0.25, 0.3) is 5.91 Å². The Morgan fingerprint density at radius 3 is 2.69 bits per heavy atom. The normalized spacial score (nSPS) is 14.6. The molecule has 3 nitrogen and oxygen atoms in total. The third-order valence-corrected chi connectivity index (χ3v) is 5.56. The molecule has 1 amide bonds. The number of rotatable bonds is 6. The second kappa shape index (κ2) is 8.50. The molecule has 0 aliphatic heterocycles. The summed E-state index contributed by atoms with van der Waals surface area (Å²) in [4.78, 5) is 12.5. The van der Waals surface area contributed by atoms with Crippen LogP contribution in [0.15, 0.2) is 36.4 Å². The fraction of sp³-hybridized carbons (Fsp3) is 0.435. The molecule has 0 heterocycles. The summed E-state index contributed by atoms with van der Waals surface area (Å²) in [6.07, 6.45) is 5.95. The molecule has 0 unspecified atom stereocenters. The molecule has 3 rings (SSSR count). The standard InChI is InChI=1S/C23H30N2O/c1-4-18-11-7-8-16(2)23(18)25-22(26)15-24-17(3)20-13-12-19-9-5-6-10-21(19)14-20/h7-8,11-14,17,24H,4-6,9-10,15H2,1-3H3,(H,25,26)/p+1/t17-/m1/s1. The lowest BCUT2D eigenvalue weighted by atomic mass is 9.89. The monoisotopic (exact) mass is 351 g/mol. The van der Waals surface area contributed by atoms with E-state index in [2.05, 4.69) is 48.7 Å². The van der Waals surface area contributed by atoms with E-state index in [1.54, 1.807) is 0 Å². The van der Waals surface area contributed by atoms with E-state index in [0.717, 1.165) is 17.7 Å². The molecular formula is C23H31N2O+. The summed E-state index contributed by atoms with van der Waals surface area (Å²) in [7, 11) is 0. The summed E-state index contributed by atoms with van der Waals surface area (Å²) in [5, 5.41) is 5.25. The molecule has 0 fully saturated rings. The van der Waals surface area contributed by atoms with Crippen molar-refractivity contribution in [3.63, 3.8) is 0 Å². The quantitative estimate of drug-likeness (QED) is 0.819. The van der Waals surface area contributed by atoms with Gasteiger partial charge in [0.05, 0.1) is 0 Å². The Morgan fingerprint density at radius 2 is 1.92 bits per heavy atom. The van der Waals surface area contributed by atoms with Crippen molar-refractivity contribution >= 4 is 11.6 Å². The average molecular weight is 352 g/mol. The van der Waals surface area contributed by atoms with Crippen LogP contribution in [0.4, 0.5) is 5.69 Å². The third-order valence-electron chi connectivity index (χ3n) is 5.56. The van der Waals surface area contributed by atoms with E-state index in [-0.39, 0.29) is 11.9 Å². The van der Waals surface area contributed by atoms with E-state index in [1.807, 2.05) is 19.1 Å². The number of carbonyl (C=O) groups is 1. The number of para-hydroxylation sites is 1. The van der Waals surface area contributed by atoms with Crippen LogP contribution in [0, 0.1) is 6.92 Å². The molecule has 0 spiro atoms. The minimum Gasteiger partial charge on any atom is -0.333 e. The Bertz CT molecular complexity index is 782. The van der Waals surface area contributed by atoms with Crippen LogP contribution in [0.5, 0.6) is 0 Å². The molecule has 0 saturated heterocycles. The van der Waals surface area contributed by atoms with Crippen LogP contribution >= 0.6 is 0 Å². The van der Waals surface area contributed by atoms with Gasteiger partial charge in [0.1, 0.15) is 6.04 Å². The molecule has 1 aliphatic carbocycles. The van der Waals surface area contributed by atoms with Crippen molar-refractivity contribution in [2.24, 2.45) is 0 Å². The highest BCUT2D eigenvalue weighted by molar-refractivity contribution is 5.93. The van der Waals surface area contributed by atoms with Gasteiger partial charge in [-0.2, -0.15) is 0 Å². The van der Waals surface area contributed by atoms with Crippen LogP contribution in [0.3, 0.4) is 0 Å². The lowest BCUT2D eigenvalue weighted by molar-refractivity contribution is -0.682. The summed E-state index contributed by atoms with van der Waals surface area (Å²) >= 11 is 0. The predicted molar refractivity (Wildman–Crippen MR) is 107 cm³/mol. The van der Waals surface area contributed by atoms with E-state index in [9.17, 15) is 4.79 Å². The van der Waals surface area contributed by atoms with Crippen LogP contribution in [-0.2, 0) is 24.1 Å². The molecule has 1 aliphatic rings. The van der Waals surface area contributed by atoms with Gasteiger partial charge in [-0.1, -0.05) is 37.3 Å². The molecule has 0 aromatic heterocycles. The summed E-state index contributed by atoms with van der Waals surface area (Å²) in [5.74, 6) is 0.0683. The number of quaternary nitrogens is 1. The van der Waals surface area contributed by atoms with Gasteiger partial charge >= 0.3 is 0 Å². The summed E-state index contributed by atoms with van der Waals surface area (Å²) in [5.41, 5.74) is 7.64. The number of aryl methyl sites for hydroxylation is 4. The van der Waals surface area contributed by atoms with Crippen LogP contribution < -0.4 is 10.6 Å². The molecular weight excluding hydrogens is 320 g/mol. The van der Waals surface area contributed by atoms with Gasteiger partial charge in [0.2, 0.25) is 0 Å². The number of anilines is 1. The highest BCUT2D eigenvalue weighted by Gasteiger charge is 2.16. The van der Waals surface area contributed by atoms with Crippen molar-refractivity contribution < 1.29 is 10.1 Å². The zero-order valence-corrected chi connectivity index (χ0v) is 16.3. The molecule has 0 radical (unpaired) electrons. The first-order valence-electron chi connectivity index (χ1n) is 9.92. The molecule has 0 saturated carbocycles. The van der Waals surface area contributed by atoms with E-state index in [0.29, 0.717) is 6.54 Å². The van der Waals surface area contributed by atoms with Gasteiger partial charge in [-0.3, -0.25) is 4.79 Å². The molecule has 0 bridgehead atoms. The zero-order valence-electron chi connectivity index (χ0n) is 16.3. The average Bonchev–Trinajstić information content (AvgIpc) is 2.67. The van der Waals surface area contributed by atoms with Crippen LogP contribution in [0.25, 0.3) is 0 Å². The fourth-order valence-corrected chi connectivity index (χ4v) is 3.85. The Balaban J connectivity index is 1.59. The first-order chi connectivity index (χ1) is 12.6. The van der Waals surface area contributed by atoms with E-state index >= 15 is 0 Å². The Labute approximate surface area is 157 Å². The first kappa shape index (κ1) is 18.7. The zero-order chi connectivity index (χ0) is 18.5. The van der Waals surface area contributed by atoms with Crippen molar-refractivity contribution in [3.05, 3.63) is 64.2 Å². The Kier molecular flexibility index (Phi) is 6.10. The largest absolute Gasteiger partial charge is 0.333 e. The van der Waals surface area contributed by atoms with Crippen molar-refractivity contribution in [3.8, 4) is 0 Å². The second-order valence-electron chi connectivity index (χ2n) is 7.47. The van der Waals surface area contributed by atoms with Gasteiger partial charge in [-0.25, -0.2) is 0 Å². The number of amides is 1. The number of hydrogen-bond acceptors (Lipinski definition) is 1. The van der Waals surface area contributed by atoms with Gasteiger partial charge in [-0.15, -0.1) is 0 Å². The lowest BCUT2D eigenvalue weighted by Crippen LogP contribution is -2.86. The van der Waals surface area contributed by atoms with Crippen molar-refractivity contribution in [2.45, 2.75) is 58.9 Å². The summed E-state index contributed by atoms with van der Waals surface area (Å²) in [6, 6.07) is 13.3. The number of carbonyl (C=O) groups excluding carboxylic acids is 1. The fourth-order valence-electron chi connectivity index (χ4n) is 3.85. The van der Waals surface area contributed by atoms with Crippen molar-refractivity contribution in [1.82, 2.24) is 0 Å². The predicted octanol–water partition coefficient (Wildman–Crippen LogP) is 3.70. The van der Waals surface area contributed by atoms with Gasteiger partial charge in [0.15, 0.2) is 6.54 Å². The van der Waals surface area contributed by atoms with E-state index < -0.39 is 0 Å². The molecule has 26 heavy (non-hydrogen) atoms.